The maximum atomic E-state index is 5.95. The fourth-order valence-electron chi connectivity index (χ4n) is 1.48. The number of hydrogen-bond acceptors (Lipinski definition) is 3. The van der Waals surface area contributed by atoms with Crippen molar-refractivity contribution in [2.24, 2.45) is 0 Å². The standard InChI is InChI=1S/C12H12Cl2N2S/c1-7-2-3-17-12(7)6-16-11-5-9(14)8(13)4-10(11)15/h2-5,16H,6,15H2,1H3. The SMILES string of the molecule is Cc1ccsc1CNc1cc(Cl)c(Cl)cc1N. The summed E-state index contributed by atoms with van der Waals surface area (Å²) in [5, 5.41) is 6.32. The van der Waals surface area contributed by atoms with Gasteiger partial charge in [-0.25, -0.2) is 0 Å². The molecule has 0 unspecified atom stereocenters. The Hall–Kier alpha value is -0.900. The smallest absolute Gasteiger partial charge is 0.0614 e. The molecular formula is C12H12Cl2N2S. The molecule has 0 aliphatic heterocycles. The summed E-state index contributed by atoms with van der Waals surface area (Å²) in [6.07, 6.45) is 0. The molecule has 0 saturated carbocycles. The number of anilines is 2. The lowest BCUT2D eigenvalue weighted by Gasteiger charge is -2.10. The van der Waals surface area contributed by atoms with Crippen LogP contribution in [0, 0.1) is 6.92 Å². The van der Waals surface area contributed by atoms with Crippen LogP contribution in [-0.4, -0.2) is 0 Å². The van der Waals surface area contributed by atoms with Crippen molar-refractivity contribution in [2.75, 3.05) is 11.1 Å². The molecule has 1 heterocycles. The van der Waals surface area contributed by atoms with Gasteiger partial charge < -0.3 is 11.1 Å². The maximum absolute atomic E-state index is 5.95. The fraction of sp³-hybridized carbons (Fsp3) is 0.167. The van der Waals surface area contributed by atoms with E-state index in [1.165, 1.54) is 10.4 Å². The summed E-state index contributed by atoms with van der Waals surface area (Å²) in [5.41, 5.74) is 8.56. The first-order valence-corrected chi connectivity index (χ1v) is 6.73. The average molecular weight is 287 g/mol. The molecule has 3 N–H and O–H groups in total. The van der Waals surface area contributed by atoms with Gasteiger partial charge in [-0.2, -0.15) is 0 Å². The molecule has 0 aliphatic carbocycles. The fourth-order valence-corrected chi connectivity index (χ4v) is 2.66. The first-order valence-electron chi connectivity index (χ1n) is 5.09. The Balaban J connectivity index is 2.14. The molecule has 0 bridgehead atoms. The number of hydrogen-bond donors (Lipinski definition) is 2. The molecule has 2 nitrogen and oxygen atoms in total. The van der Waals surface area contributed by atoms with Crippen molar-refractivity contribution in [3.63, 3.8) is 0 Å². The van der Waals surface area contributed by atoms with E-state index in [1.54, 1.807) is 23.5 Å². The van der Waals surface area contributed by atoms with Gasteiger partial charge in [-0.1, -0.05) is 23.2 Å². The van der Waals surface area contributed by atoms with Crippen LogP contribution in [0.4, 0.5) is 11.4 Å². The summed E-state index contributed by atoms with van der Waals surface area (Å²) in [6.45, 7) is 2.83. The summed E-state index contributed by atoms with van der Waals surface area (Å²) in [7, 11) is 0. The average Bonchev–Trinajstić information content (AvgIpc) is 2.68. The van der Waals surface area contributed by atoms with Crippen LogP contribution < -0.4 is 11.1 Å². The second kappa shape index (κ2) is 5.17. The molecule has 0 fully saturated rings. The minimum atomic E-state index is 0.474. The van der Waals surface area contributed by atoms with Gasteiger partial charge in [-0.15, -0.1) is 11.3 Å². The zero-order valence-electron chi connectivity index (χ0n) is 9.26. The van der Waals surface area contributed by atoms with E-state index in [2.05, 4.69) is 23.7 Å². The lowest BCUT2D eigenvalue weighted by atomic mass is 10.2. The Morgan fingerprint density at radius 2 is 2.00 bits per heavy atom. The minimum Gasteiger partial charge on any atom is -0.397 e. The molecule has 17 heavy (non-hydrogen) atoms. The van der Waals surface area contributed by atoms with Gasteiger partial charge in [0.15, 0.2) is 0 Å². The van der Waals surface area contributed by atoms with Gasteiger partial charge in [-0.3, -0.25) is 0 Å². The van der Waals surface area contributed by atoms with Gasteiger partial charge in [0.1, 0.15) is 0 Å². The maximum Gasteiger partial charge on any atom is 0.0614 e. The highest BCUT2D eigenvalue weighted by molar-refractivity contribution is 7.10. The van der Waals surface area contributed by atoms with Crippen molar-refractivity contribution in [2.45, 2.75) is 13.5 Å². The summed E-state index contributed by atoms with van der Waals surface area (Å²) in [5.74, 6) is 0. The van der Waals surface area contributed by atoms with Crippen LogP contribution in [0.25, 0.3) is 0 Å². The molecule has 0 aliphatic rings. The Morgan fingerprint density at radius 1 is 1.29 bits per heavy atom. The molecule has 0 radical (unpaired) electrons. The van der Waals surface area contributed by atoms with Crippen LogP contribution in [0.1, 0.15) is 10.4 Å². The zero-order chi connectivity index (χ0) is 12.4. The molecule has 2 rings (SSSR count). The van der Waals surface area contributed by atoms with Gasteiger partial charge in [-0.05, 0) is 36.1 Å². The number of benzene rings is 1. The van der Waals surface area contributed by atoms with Crippen molar-refractivity contribution >= 4 is 45.9 Å². The Labute approximate surface area is 114 Å². The van der Waals surface area contributed by atoms with Crippen LogP contribution in [0.15, 0.2) is 23.6 Å². The van der Waals surface area contributed by atoms with E-state index in [9.17, 15) is 0 Å². The molecule has 2 aromatic rings. The van der Waals surface area contributed by atoms with Gasteiger partial charge in [0.25, 0.3) is 0 Å². The van der Waals surface area contributed by atoms with Crippen molar-refractivity contribution in [1.29, 1.82) is 0 Å². The van der Waals surface area contributed by atoms with Crippen molar-refractivity contribution in [3.8, 4) is 0 Å². The largest absolute Gasteiger partial charge is 0.397 e. The molecule has 5 heteroatoms. The van der Waals surface area contributed by atoms with Crippen LogP contribution >= 0.6 is 34.5 Å². The van der Waals surface area contributed by atoms with Crippen LogP contribution in [-0.2, 0) is 6.54 Å². The lowest BCUT2D eigenvalue weighted by molar-refractivity contribution is 1.17. The molecular weight excluding hydrogens is 275 g/mol. The van der Waals surface area contributed by atoms with E-state index < -0.39 is 0 Å². The van der Waals surface area contributed by atoms with E-state index in [4.69, 9.17) is 28.9 Å². The van der Waals surface area contributed by atoms with Crippen LogP contribution in [0.2, 0.25) is 10.0 Å². The Morgan fingerprint density at radius 3 is 2.65 bits per heavy atom. The summed E-state index contributed by atoms with van der Waals surface area (Å²) >= 11 is 13.5. The minimum absolute atomic E-state index is 0.474. The van der Waals surface area contributed by atoms with Crippen molar-refractivity contribution in [1.82, 2.24) is 0 Å². The van der Waals surface area contributed by atoms with Gasteiger partial charge >= 0.3 is 0 Å². The highest BCUT2D eigenvalue weighted by Gasteiger charge is 2.06. The van der Waals surface area contributed by atoms with Crippen molar-refractivity contribution < 1.29 is 0 Å². The third-order valence-electron chi connectivity index (χ3n) is 2.50. The highest BCUT2D eigenvalue weighted by Crippen LogP contribution is 2.31. The number of halogens is 2. The number of rotatable bonds is 3. The van der Waals surface area contributed by atoms with E-state index in [-0.39, 0.29) is 0 Å². The first kappa shape index (κ1) is 12.6. The van der Waals surface area contributed by atoms with Gasteiger partial charge in [0.2, 0.25) is 0 Å². The third-order valence-corrected chi connectivity index (χ3v) is 4.25. The van der Waals surface area contributed by atoms with E-state index >= 15 is 0 Å². The lowest BCUT2D eigenvalue weighted by Crippen LogP contribution is -2.02. The van der Waals surface area contributed by atoms with Crippen LogP contribution in [0.3, 0.4) is 0 Å². The van der Waals surface area contributed by atoms with Gasteiger partial charge in [0.05, 0.1) is 21.4 Å². The molecule has 1 aromatic carbocycles. The summed E-state index contributed by atoms with van der Waals surface area (Å²) < 4.78 is 0. The Bertz CT molecular complexity index is 537. The molecule has 1 aromatic heterocycles. The highest BCUT2D eigenvalue weighted by atomic mass is 35.5. The molecule has 90 valence electrons. The zero-order valence-corrected chi connectivity index (χ0v) is 11.6. The number of aryl methyl sites for hydroxylation is 1. The van der Waals surface area contributed by atoms with Crippen molar-refractivity contribution in [3.05, 3.63) is 44.1 Å². The van der Waals surface area contributed by atoms with E-state index in [0.717, 1.165) is 12.2 Å². The molecule has 0 amide bonds. The van der Waals surface area contributed by atoms with E-state index in [0.29, 0.717) is 15.7 Å². The topological polar surface area (TPSA) is 38.0 Å². The summed E-state index contributed by atoms with van der Waals surface area (Å²) in [6, 6.07) is 5.51. The normalized spacial score (nSPS) is 10.5. The Kier molecular flexibility index (Phi) is 3.82. The number of nitrogen functional groups attached to an aromatic ring is 1. The monoisotopic (exact) mass is 286 g/mol. The number of nitrogens with one attached hydrogen (secondary N) is 1. The van der Waals surface area contributed by atoms with Crippen LogP contribution in [0.5, 0.6) is 0 Å². The summed E-state index contributed by atoms with van der Waals surface area (Å²) in [4.78, 5) is 1.29. The second-order valence-electron chi connectivity index (χ2n) is 3.73. The molecule has 0 spiro atoms. The number of nitrogens with two attached hydrogens (primary N) is 1. The predicted octanol–water partition coefficient (Wildman–Crippen LogP) is 4.56. The second-order valence-corrected chi connectivity index (χ2v) is 5.55. The predicted molar refractivity (Wildman–Crippen MR) is 77.3 cm³/mol. The molecule has 0 atom stereocenters. The quantitative estimate of drug-likeness (QED) is 0.812. The first-order chi connectivity index (χ1) is 8.08. The van der Waals surface area contributed by atoms with Gasteiger partial charge in [0, 0.05) is 11.4 Å². The molecule has 0 saturated heterocycles. The number of thiophene rings is 1. The third kappa shape index (κ3) is 2.86. The van der Waals surface area contributed by atoms with E-state index in [1.807, 2.05) is 0 Å².